The van der Waals surface area contributed by atoms with E-state index in [2.05, 4.69) is 47.4 Å². The number of ether oxygens (including phenoxy) is 1. The van der Waals surface area contributed by atoms with Gasteiger partial charge >= 0.3 is 0 Å². The molecule has 0 aromatic carbocycles. The molecule has 0 spiro atoms. The summed E-state index contributed by atoms with van der Waals surface area (Å²) >= 11 is 0. The lowest BCUT2D eigenvalue weighted by molar-refractivity contribution is 0.0529. The smallest absolute Gasteiger partial charge is 0.191 e. The highest BCUT2D eigenvalue weighted by Crippen LogP contribution is 2.16. The van der Waals surface area contributed by atoms with Gasteiger partial charge in [0, 0.05) is 32.4 Å². The largest absolute Gasteiger partial charge is 0.375 e. The topological polar surface area (TPSA) is 61.8 Å². The van der Waals surface area contributed by atoms with Crippen LogP contribution in [0.3, 0.4) is 0 Å². The number of aliphatic imine (C=N–C) groups is 1. The molecule has 2 rings (SSSR count). The lowest BCUT2D eigenvalue weighted by Gasteiger charge is -2.32. The minimum atomic E-state index is 0.255. The van der Waals surface area contributed by atoms with E-state index in [1.165, 1.54) is 24.8 Å². The summed E-state index contributed by atoms with van der Waals surface area (Å²) in [7, 11) is 0. The van der Waals surface area contributed by atoms with Gasteiger partial charge in [0.2, 0.25) is 0 Å². The zero-order chi connectivity index (χ0) is 17.9. The first-order valence-corrected chi connectivity index (χ1v) is 9.56. The molecule has 6 heteroatoms. The van der Waals surface area contributed by atoms with Crippen molar-refractivity contribution in [3.05, 3.63) is 23.9 Å². The van der Waals surface area contributed by atoms with Gasteiger partial charge in [0.15, 0.2) is 5.96 Å². The number of aromatic nitrogens is 1. The van der Waals surface area contributed by atoms with Crippen LogP contribution in [0.15, 0.2) is 23.3 Å². The number of hydrogen-bond acceptors (Lipinski definition) is 4. The van der Waals surface area contributed by atoms with Crippen molar-refractivity contribution < 1.29 is 4.74 Å². The van der Waals surface area contributed by atoms with Crippen LogP contribution in [0.25, 0.3) is 0 Å². The molecule has 1 unspecified atom stereocenters. The van der Waals surface area contributed by atoms with Crippen LogP contribution in [-0.4, -0.2) is 49.8 Å². The second kappa shape index (κ2) is 10.9. The maximum atomic E-state index is 5.61. The van der Waals surface area contributed by atoms with Crippen LogP contribution in [-0.2, 0) is 11.3 Å². The van der Waals surface area contributed by atoms with Gasteiger partial charge in [-0.25, -0.2) is 9.98 Å². The summed E-state index contributed by atoms with van der Waals surface area (Å²) in [6, 6.07) is 4.18. The summed E-state index contributed by atoms with van der Waals surface area (Å²) in [6.07, 6.45) is 5.79. The summed E-state index contributed by atoms with van der Waals surface area (Å²) < 4.78 is 5.61. The van der Waals surface area contributed by atoms with E-state index in [4.69, 9.17) is 9.73 Å². The van der Waals surface area contributed by atoms with Crippen molar-refractivity contribution in [1.82, 2.24) is 15.6 Å². The third-order valence-electron chi connectivity index (χ3n) is 4.21. The molecule has 1 aromatic heterocycles. The first-order valence-electron chi connectivity index (χ1n) is 9.56. The van der Waals surface area contributed by atoms with Crippen molar-refractivity contribution in [1.29, 1.82) is 0 Å². The third kappa shape index (κ3) is 6.90. The highest BCUT2D eigenvalue weighted by molar-refractivity contribution is 5.79. The van der Waals surface area contributed by atoms with Gasteiger partial charge in [-0.3, -0.25) is 0 Å². The van der Waals surface area contributed by atoms with Gasteiger partial charge in [0.1, 0.15) is 5.82 Å². The van der Waals surface area contributed by atoms with Crippen LogP contribution in [0.5, 0.6) is 0 Å². The van der Waals surface area contributed by atoms with Crippen molar-refractivity contribution in [3.63, 3.8) is 0 Å². The highest BCUT2D eigenvalue weighted by atomic mass is 16.5. The number of pyridine rings is 1. The molecule has 1 fully saturated rings. The Labute approximate surface area is 152 Å². The fourth-order valence-corrected chi connectivity index (χ4v) is 2.85. The van der Waals surface area contributed by atoms with Crippen LogP contribution in [0, 0.1) is 0 Å². The van der Waals surface area contributed by atoms with E-state index in [9.17, 15) is 0 Å². The Morgan fingerprint density at radius 1 is 1.36 bits per heavy atom. The molecule has 0 aliphatic carbocycles. The molecule has 2 N–H and O–H groups in total. The van der Waals surface area contributed by atoms with Crippen LogP contribution >= 0.6 is 0 Å². The molecule has 1 saturated heterocycles. The minimum absolute atomic E-state index is 0.255. The Kier molecular flexibility index (Phi) is 8.52. The molecule has 0 saturated carbocycles. The molecule has 1 aliphatic heterocycles. The summed E-state index contributed by atoms with van der Waals surface area (Å²) in [5.74, 6) is 1.90. The number of unbranched alkanes of at least 4 members (excludes halogenated alkanes) is 2. The Hall–Kier alpha value is -1.82. The molecule has 1 atom stereocenters. The minimum Gasteiger partial charge on any atom is -0.375 e. The summed E-state index contributed by atoms with van der Waals surface area (Å²) in [6.45, 7) is 11.4. The molecule has 1 aliphatic rings. The fraction of sp³-hybridized carbons (Fsp3) is 0.684. The number of nitrogens with zero attached hydrogens (tertiary/aromatic N) is 3. The Balaban J connectivity index is 1.94. The van der Waals surface area contributed by atoms with Crippen LogP contribution in [0.1, 0.15) is 45.6 Å². The number of guanidine groups is 1. The molecule has 0 radical (unpaired) electrons. The van der Waals surface area contributed by atoms with Gasteiger partial charge in [-0.15, -0.1) is 0 Å². The van der Waals surface area contributed by atoms with E-state index in [0.29, 0.717) is 6.54 Å². The van der Waals surface area contributed by atoms with Crippen molar-refractivity contribution in [3.8, 4) is 0 Å². The monoisotopic (exact) mass is 347 g/mol. The maximum absolute atomic E-state index is 5.61. The number of rotatable bonds is 8. The van der Waals surface area contributed by atoms with Crippen LogP contribution in [0.4, 0.5) is 5.82 Å². The lowest BCUT2D eigenvalue weighted by Crippen LogP contribution is -2.41. The molecular formula is C19H33N5O. The van der Waals surface area contributed by atoms with E-state index in [1.807, 2.05) is 12.3 Å². The van der Waals surface area contributed by atoms with E-state index in [0.717, 1.165) is 44.6 Å². The molecule has 0 amide bonds. The number of anilines is 1. The first kappa shape index (κ1) is 19.5. The van der Waals surface area contributed by atoms with Crippen LogP contribution in [0.2, 0.25) is 0 Å². The molecular weight excluding hydrogens is 314 g/mol. The van der Waals surface area contributed by atoms with Gasteiger partial charge in [0.05, 0.1) is 19.3 Å². The van der Waals surface area contributed by atoms with E-state index in [-0.39, 0.29) is 6.10 Å². The summed E-state index contributed by atoms with van der Waals surface area (Å²) in [5, 5.41) is 6.72. The second-order valence-electron chi connectivity index (χ2n) is 6.48. The average molecular weight is 348 g/mol. The summed E-state index contributed by atoms with van der Waals surface area (Å²) in [5.41, 5.74) is 1.18. The predicted octanol–water partition coefficient (Wildman–Crippen LogP) is 2.55. The number of morpholine rings is 1. The van der Waals surface area contributed by atoms with Gasteiger partial charge in [-0.1, -0.05) is 19.8 Å². The van der Waals surface area contributed by atoms with Crippen LogP contribution < -0.4 is 15.5 Å². The van der Waals surface area contributed by atoms with Gasteiger partial charge < -0.3 is 20.3 Å². The van der Waals surface area contributed by atoms with Crippen molar-refractivity contribution in [2.75, 3.05) is 37.7 Å². The lowest BCUT2D eigenvalue weighted by atomic mass is 10.2. The Morgan fingerprint density at radius 2 is 2.24 bits per heavy atom. The van der Waals surface area contributed by atoms with E-state index in [1.54, 1.807) is 0 Å². The quantitative estimate of drug-likeness (QED) is 0.430. The van der Waals surface area contributed by atoms with Crippen molar-refractivity contribution in [2.24, 2.45) is 4.99 Å². The first-order chi connectivity index (χ1) is 12.2. The maximum Gasteiger partial charge on any atom is 0.191 e. The molecule has 0 bridgehead atoms. The zero-order valence-electron chi connectivity index (χ0n) is 15.9. The normalized spacial score (nSPS) is 18.3. The zero-order valence-corrected chi connectivity index (χ0v) is 15.9. The molecule has 140 valence electrons. The average Bonchev–Trinajstić information content (AvgIpc) is 2.63. The summed E-state index contributed by atoms with van der Waals surface area (Å²) in [4.78, 5) is 11.5. The highest BCUT2D eigenvalue weighted by Gasteiger charge is 2.17. The standard InChI is InChI=1S/C19H33N5O/c1-4-6-7-9-22-19(20-5-2)23-14-17-8-10-21-18(13-17)24-11-12-25-16(3)15-24/h8,10,13,16H,4-7,9,11-12,14-15H2,1-3H3,(H2,20,22,23). The van der Waals surface area contributed by atoms with Crippen molar-refractivity contribution >= 4 is 11.8 Å². The Morgan fingerprint density at radius 3 is 3.00 bits per heavy atom. The van der Waals surface area contributed by atoms with Gasteiger partial charge in [-0.2, -0.15) is 0 Å². The SMILES string of the molecule is CCCCCNC(=NCc1ccnc(N2CCOC(C)C2)c1)NCC. The number of hydrogen-bond donors (Lipinski definition) is 2. The predicted molar refractivity (Wildman–Crippen MR) is 104 cm³/mol. The number of nitrogens with one attached hydrogen (secondary N) is 2. The molecule has 6 nitrogen and oxygen atoms in total. The molecule has 2 heterocycles. The van der Waals surface area contributed by atoms with E-state index < -0.39 is 0 Å². The fourth-order valence-electron chi connectivity index (χ4n) is 2.85. The van der Waals surface area contributed by atoms with Gasteiger partial charge in [-0.05, 0) is 38.0 Å². The Bertz CT molecular complexity index is 534. The molecule has 25 heavy (non-hydrogen) atoms. The second-order valence-corrected chi connectivity index (χ2v) is 6.48. The molecule has 1 aromatic rings. The van der Waals surface area contributed by atoms with Crippen molar-refractivity contribution in [2.45, 2.75) is 52.7 Å². The van der Waals surface area contributed by atoms with E-state index >= 15 is 0 Å². The van der Waals surface area contributed by atoms with Gasteiger partial charge in [0.25, 0.3) is 0 Å². The third-order valence-corrected chi connectivity index (χ3v) is 4.21.